The summed E-state index contributed by atoms with van der Waals surface area (Å²) in [6.45, 7) is 13.8. The molecular weight excluding hydrogens is 905 g/mol. The molecule has 0 bridgehead atoms. The fourth-order valence-corrected chi connectivity index (χ4v) is 8.02. The van der Waals surface area contributed by atoms with Gasteiger partial charge in [-0.3, -0.25) is 43.2 Å². The van der Waals surface area contributed by atoms with E-state index in [-0.39, 0.29) is 101 Å². The minimum atomic E-state index is -1.47. The predicted molar refractivity (Wildman–Crippen MR) is 267 cm³/mol. The number of carbonyl (C=O) groups is 9. The first-order chi connectivity index (χ1) is 33.1. The predicted octanol–water partition coefficient (Wildman–Crippen LogP) is -1.05. The molecule has 16 N–H and O–H groups in total. The average molecular weight is 995 g/mol. The van der Waals surface area contributed by atoms with Gasteiger partial charge in [0.1, 0.15) is 48.3 Å². The number of unbranched alkanes of at least 4 members (excludes halogenated alkanes) is 4. The van der Waals surface area contributed by atoms with E-state index >= 15 is 0 Å². The number of amides is 9. The van der Waals surface area contributed by atoms with Crippen LogP contribution in [0, 0.1) is 23.7 Å². The van der Waals surface area contributed by atoms with E-state index in [0.29, 0.717) is 0 Å². The summed E-state index contributed by atoms with van der Waals surface area (Å²) in [5.74, 6) is -7.01. The van der Waals surface area contributed by atoms with Crippen molar-refractivity contribution in [3.8, 4) is 0 Å². The summed E-state index contributed by atoms with van der Waals surface area (Å²) in [6, 6.07) is -10.3. The van der Waals surface area contributed by atoms with Crippen LogP contribution in [0.3, 0.4) is 0 Å². The van der Waals surface area contributed by atoms with Crippen molar-refractivity contribution in [3.05, 3.63) is 0 Å². The summed E-state index contributed by atoms with van der Waals surface area (Å²) in [5.41, 5.74) is 17.6. The molecule has 0 unspecified atom stereocenters. The van der Waals surface area contributed by atoms with Crippen LogP contribution < -0.4 is 65.1 Å². The number of nitrogens with one attached hydrogen (secondary N) is 9. The van der Waals surface area contributed by atoms with Crippen LogP contribution in [0.5, 0.6) is 0 Å². The molecular formula is C48H90N12O10. The lowest BCUT2D eigenvalue weighted by atomic mass is 9.98. The van der Waals surface area contributed by atoms with Crippen molar-refractivity contribution in [2.45, 2.75) is 194 Å². The van der Waals surface area contributed by atoms with Gasteiger partial charge in [0.15, 0.2) is 0 Å². The molecule has 1 aliphatic rings. The van der Waals surface area contributed by atoms with E-state index in [0.717, 1.165) is 38.5 Å². The molecule has 22 nitrogen and oxygen atoms in total. The molecule has 1 saturated heterocycles. The number of aliphatic hydroxyl groups is 1. The molecule has 402 valence electrons. The van der Waals surface area contributed by atoms with Crippen molar-refractivity contribution < 1.29 is 48.3 Å². The Morgan fingerprint density at radius 3 is 1.36 bits per heavy atom. The van der Waals surface area contributed by atoms with E-state index in [9.17, 15) is 48.3 Å². The van der Waals surface area contributed by atoms with Crippen LogP contribution in [-0.4, -0.2) is 139 Å². The molecule has 0 radical (unpaired) electrons. The van der Waals surface area contributed by atoms with Gasteiger partial charge in [0.2, 0.25) is 53.2 Å². The quantitative estimate of drug-likeness (QED) is 0.0514. The van der Waals surface area contributed by atoms with E-state index in [1.165, 1.54) is 0 Å². The summed E-state index contributed by atoms with van der Waals surface area (Å²) < 4.78 is 0. The van der Waals surface area contributed by atoms with E-state index in [2.05, 4.69) is 54.8 Å². The Bertz CT molecular complexity index is 1670. The monoisotopic (exact) mass is 995 g/mol. The highest BCUT2D eigenvalue weighted by Gasteiger charge is 2.35. The number of hydrogen-bond donors (Lipinski definition) is 13. The van der Waals surface area contributed by atoms with Crippen LogP contribution in [0.4, 0.5) is 0 Å². The van der Waals surface area contributed by atoms with Crippen molar-refractivity contribution in [2.75, 3.05) is 32.8 Å². The summed E-state index contributed by atoms with van der Waals surface area (Å²) in [4.78, 5) is 125. The Balaban J connectivity index is 3.76. The first kappa shape index (κ1) is 63.1. The highest BCUT2D eigenvalue weighted by atomic mass is 16.3. The molecule has 0 saturated carbocycles. The highest BCUT2D eigenvalue weighted by molar-refractivity contribution is 5.98. The molecule has 1 fully saturated rings. The molecule has 1 rings (SSSR count). The second kappa shape index (κ2) is 34.4. The number of carbonyl (C=O) groups excluding carboxylic acids is 9. The van der Waals surface area contributed by atoms with Crippen molar-refractivity contribution in [3.63, 3.8) is 0 Å². The third-order valence-electron chi connectivity index (χ3n) is 11.8. The fourth-order valence-electron chi connectivity index (χ4n) is 8.02. The molecule has 22 heteroatoms. The topological polar surface area (TPSA) is 360 Å². The van der Waals surface area contributed by atoms with Gasteiger partial charge in [-0.1, -0.05) is 93.9 Å². The molecule has 1 aliphatic heterocycles. The molecule has 0 aromatic carbocycles. The van der Waals surface area contributed by atoms with E-state index in [4.69, 9.17) is 17.2 Å². The Kier molecular flexibility index (Phi) is 31.0. The van der Waals surface area contributed by atoms with Gasteiger partial charge in [0.05, 0.1) is 6.61 Å². The maximum Gasteiger partial charge on any atom is 0.245 e. The molecule has 1 heterocycles. The maximum absolute atomic E-state index is 14.2. The number of hydrogen-bond acceptors (Lipinski definition) is 13. The van der Waals surface area contributed by atoms with Gasteiger partial charge in [0, 0.05) is 13.0 Å². The van der Waals surface area contributed by atoms with Crippen molar-refractivity contribution in [2.24, 2.45) is 40.9 Å². The minimum Gasteiger partial charge on any atom is -0.394 e. The maximum atomic E-state index is 14.2. The van der Waals surface area contributed by atoms with Crippen LogP contribution >= 0.6 is 0 Å². The standard InChI is InChI=1S/C48H90N12O10/c1-9-10-11-12-13-14-31(8)26-40(62)53-39(27-61)48(70)57-35-18-22-52-41(63)36(23-28(2)3)58-43(65)33(16-20-50)54-42(64)32(15-19-49)56-46(68)37(24-29(4)5)60-47(69)38(25-30(6)7)59-44(66)34(17-21-51)55-45(35)67/h28-39,61H,9-27,49-51H2,1-8H3,(H,52,63)(H,53,62)(H,54,64)(H,55,67)(H,56,68)(H,57,70)(H,58,65)(H,59,66)(H,60,69)/t31-,32+,33+,34+,35+,36+,37+,38-,39-/m1/s1. The van der Waals surface area contributed by atoms with E-state index < -0.39 is 108 Å². The summed E-state index contributed by atoms with van der Waals surface area (Å²) in [5, 5.41) is 34.2. The van der Waals surface area contributed by atoms with Gasteiger partial charge >= 0.3 is 0 Å². The van der Waals surface area contributed by atoms with Gasteiger partial charge in [-0.05, 0) is 88.3 Å². The van der Waals surface area contributed by atoms with Gasteiger partial charge in [-0.25, -0.2) is 0 Å². The Morgan fingerprint density at radius 2 is 0.957 bits per heavy atom. The number of rotatable bonds is 24. The zero-order valence-electron chi connectivity index (χ0n) is 43.2. The highest BCUT2D eigenvalue weighted by Crippen LogP contribution is 2.15. The van der Waals surface area contributed by atoms with Crippen molar-refractivity contribution >= 4 is 53.2 Å². The largest absolute Gasteiger partial charge is 0.394 e. The van der Waals surface area contributed by atoms with Crippen LogP contribution in [0.1, 0.15) is 145 Å². The lowest BCUT2D eigenvalue weighted by Crippen LogP contribution is -2.60. The van der Waals surface area contributed by atoms with Crippen molar-refractivity contribution in [1.29, 1.82) is 0 Å². The molecule has 0 aromatic heterocycles. The zero-order chi connectivity index (χ0) is 52.9. The van der Waals surface area contributed by atoms with E-state index in [1.807, 2.05) is 48.5 Å². The van der Waals surface area contributed by atoms with Gasteiger partial charge in [0.25, 0.3) is 0 Å². The molecule has 9 atom stereocenters. The average Bonchev–Trinajstić information content (AvgIpc) is 3.28. The van der Waals surface area contributed by atoms with Crippen molar-refractivity contribution in [1.82, 2.24) is 47.9 Å². The first-order valence-electron chi connectivity index (χ1n) is 25.5. The van der Waals surface area contributed by atoms with Gasteiger partial charge in [-0.15, -0.1) is 0 Å². The lowest BCUT2D eigenvalue weighted by Gasteiger charge is -2.29. The molecule has 0 aliphatic carbocycles. The van der Waals surface area contributed by atoms with Crippen LogP contribution in [-0.2, 0) is 43.2 Å². The smallest absolute Gasteiger partial charge is 0.245 e. The zero-order valence-corrected chi connectivity index (χ0v) is 43.2. The summed E-state index contributed by atoms with van der Waals surface area (Å²) in [6.07, 6.45) is 6.20. The van der Waals surface area contributed by atoms with E-state index in [1.54, 1.807) is 0 Å². The Hall–Kier alpha value is -4.93. The fraction of sp³-hybridized carbons (Fsp3) is 0.812. The van der Waals surface area contributed by atoms with Gasteiger partial charge < -0.3 is 70.2 Å². The molecule has 9 amide bonds. The minimum absolute atomic E-state index is 0.00792. The normalized spacial score (nSPS) is 23.8. The van der Waals surface area contributed by atoms with Crippen LogP contribution in [0.15, 0.2) is 0 Å². The summed E-state index contributed by atoms with van der Waals surface area (Å²) >= 11 is 0. The second-order valence-corrected chi connectivity index (χ2v) is 19.9. The SMILES string of the molecule is CCCCCCC[C@@H](C)CC(=O)N[C@H](CO)C(=O)N[C@H]1CCNC(=O)[C@H](CC(C)C)NC(=O)[C@H](CCN)NC(=O)[C@H](CCN)NC(=O)[C@H](CC(C)C)NC(=O)[C@@H](CC(C)C)NC(=O)[C@H](CCN)NC1=O. The molecule has 0 aromatic rings. The Labute approximate surface area is 415 Å². The van der Waals surface area contributed by atoms with Crippen LogP contribution in [0.25, 0.3) is 0 Å². The number of aliphatic hydroxyl groups excluding tert-OH is 1. The first-order valence-corrected chi connectivity index (χ1v) is 25.5. The number of nitrogens with two attached hydrogens (primary N) is 3. The third kappa shape index (κ3) is 24.8. The lowest BCUT2D eigenvalue weighted by molar-refractivity contribution is -0.136. The molecule has 0 spiro atoms. The van der Waals surface area contributed by atoms with Gasteiger partial charge in [-0.2, -0.15) is 0 Å². The molecule has 70 heavy (non-hydrogen) atoms. The second-order valence-electron chi connectivity index (χ2n) is 19.9. The summed E-state index contributed by atoms with van der Waals surface area (Å²) in [7, 11) is 0. The third-order valence-corrected chi connectivity index (χ3v) is 11.8. The van der Waals surface area contributed by atoms with Crippen LogP contribution in [0.2, 0.25) is 0 Å². The Morgan fingerprint density at radius 1 is 0.571 bits per heavy atom.